The molecule has 1 N–H and O–H groups in total. The minimum Gasteiger partial charge on any atom is -0.356 e. The van der Waals surface area contributed by atoms with E-state index in [2.05, 4.69) is 5.32 Å². The van der Waals surface area contributed by atoms with Gasteiger partial charge >= 0.3 is 0 Å². The second-order valence-corrected chi connectivity index (χ2v) is 6.03. The molecule has 0 saturated carbocycles. The number of piperidine rings is 1. The molecular weight excluding hydrogens is 264 g/mol. The lowest BCUT2D eigenvalue weighted by Crippen LogP contribution is -2.44. The molecule has 0 radical (unpaired) electrons. The third-order valence-corrected chi connectivity index (χ3v) is 3.92. The molecule has 1 saturated heterocycles. The molecule has 1 aliphatic rings. The molecule has 1 heterocycles. The number of rotatable bonds is 4. The molecule has 4 heteroatoms. The number of hydrogen-bond donors (Lipinski definition) is 1. The van der Waals surface area contributed by atoms with Crippen molar-refractivity contribution in [1.29, 1.82) is 0 Å². The Morgan fingerprint density at radius 3 is 2.67 bits per heavy atom. The average molecular weight is 288 g/mol. The van der Waals surface area contributed by atoms with Crippen LogP contribution in [0.25, 0.3) is 0 Å². The van der Waals surface area contributed by atoms with Crippen LogP contribution in [0.5, 0.6) is 0 Å². The summed E-state index contributed by atoms with van der Waals surface area (Å²) in [4.78, 5) is 26.0. The SMILES string of the molecule is CC(C)C(=O)NCC1CCCN(C(=O)c2ccccc2)C1. The first-order valence-electron chi connectivity index (χ1n) is 7.70. The van der Waals surface area contributed by atoms with E-state index in [9.17, 15) is 9.59 Å². The average Bonchev–Trinajstić information content (AvgIpc) is 2.53. The fourth-order valence-corrected chi connectivity index (χ4v) is 2.63. The van der Waals surface area contributed by atoms with Crippen LogP contribution in [0, 0.1) is 11.8 Å². The summed E-state index contributed by atoms with van der Waals surface area (Å²) in [5, 5.41) is 2.97. The molecule has 1 aromatic rings. The van der Waals surface area contributed by atoms with Crippen molar-refractivity contribution in [2.45, 2.75) is 26.7 Å². The Bertz CT molecular complexity index is 485. The van der Waals surface area contributed by atoms with Gasteiger partial charge in [-0.15, -0.1) is 0 Å². The summed E-state index contributed by atoms with van der Waals surface area (Å²) in [6.45, 7) is 5.98. The highest BCUT2D eigenvalue weighted by Gasteiger charge is 2.24. The number of nitrogens with one attached hydrogen (secondary N) is 1. The van der Waals surface area contributed by atoms with E-state index < -0.39 is 0 Å². The summed E-state index contributed by atoms with van der Waals surface area (Å²) in [6, 6.07) is 9.39. The maximum Gasteiger partial charge on any atom is 0.253 e. The van der Waals surface area contributed by atoms with Gasteiger partial charge in [0.05, 0.1) is 0 Å². The Morgan fingerprint density at radius 1 is 1.29 bits per heavy atom. The van der Waals surface area contributed by atoms with Crippen molar-refractivity contribution in [3.63, 3.8) is 0 Å². The lowest BCUT2D eigenvalue weighted by atomic mass is 9.97. The van der Waals surface area contributed by atoms with Gasteiger partial charge in [-0.3, -0.25) is 9.59 Å². The van der Waals surface area contributed by atoms with Gasteiger partial charge in [0.1, 0.15) is 0 Å². The normalized spacial score (nSPS) is 18.6. The Labute approximate surface area is 126 Å². The molecule has 1 unspecified atom stereocenters. The number of benzene rings is 1. The number of likely N-dealkylation sites (tertiary alicyclic amines) is 1. The Balaban J connectivity index is 1.89. The van der Waals surface area contributed by atoms with Crippen molar-refractivity contribution in [3.8, 4) is 0 Å². The van der Waals surface area contributed by atoms with Gasteiger partial charge in [0.25, 0.3) is 5.91 Å². The first-order chi connectivity index (χ1) is 10.1. The first-order valence-corrected chi connectivity index (χ1v) is 7.70. The smallest absolute Gasteiger partial charge is 0.253 e. The maximum absolute atomic E-state index is 12.4. The standard InChI is InChI=1S/C17H24N2O2/c1-13(2)16(20)18-11-14-7-6-10-19(12-14)17(21)15-8-4-3-5-9-15/h3-5,8-9,13-14H,6-7,10-12H2,1-2H3,(H,18,20). The monoisotopic (exact) mass is 288 g/mol. The third kappa shape index (κ3) is 4.31. The highest BCUT2D eigenvalue weighted by atomic mass is 16.2. The number of carbonyl (C=O) groups excluding carboxylic acids is 2. The van der Waals surface area contributed by atoms with Crippen LogP contribution < -0.4 is 5.32 Å². The largest absolute Gasteiger partial charge is 0.356 e. The number of nitrogens with zero attached hydrogens (tertiary/aromatic N) is 1. The lowest BCUT2D eigenvalue weighted by Gasteiger charge is -2.33. The molecule has 2 rings (SSSR count). The van der Waals surface area contributed by atoms with E-state index in [1.54, 1.807) is 0 Å². The van der Waals surface area contributed by atoms with Crippen LogP contribution in [-0.4, -0.2) is 36.3 Å². The van der Waals surface area contributed by atoms with Crippen LogP contribution in [0.4, 0.5) is 0 Å². The fourth-order valence-electron chi connectivity index (χ4n) is 2.63. The molecule has 1 aliphatic heterocycles. The molecule has 4 nitrogen and oxygen atoms in total. The second kappa shape index (κ2) is 7.25. The minimum atomic E-state index is 0.00986. The van der Waals surface area contributed by atoms with E-state index in [0.29, 0.717) is 12.5 Å². The van der Waals surface area contributed by atoms with E-state index in [0.717, 1.165) is 31.5 Å². The van der Waals surface area contributed by atoms with Crippen LogP contribution in [0.3, 0.4) is 0 Å². The van der Waals surface area contributed by atoms with Crippen molar-refractivity contribution in [2.75, 3.05) is 19.6 Å². The van der Waals surface area contributed by atoms with E-state index >= 15 is 0 Å². The molecule has 21 heavy (non-hydrogen) atoms. The highest BCUT2D eigenvalue weighted by Crippen LogP contribution is 2.18. The predicted octanol–water partition coefficient (Wildman–Crippen LogP) is 2.31. The van der Waals surface area contributed by atoms with Gasteiger partial charge in [0, 0.05) is 31.1 Å². The van der Waals surface area contributed by atoms with Crippen molar-refractivity contribution in [2.24, 2.45) is 11.8 Å². The minimum absolute atomic E-state index is 0.00986. The van der Waals surface area contributed by atoms with Crippen LogP contribution in [0.1, 0.15) is 37.0 Å². The van der Waals surface area contributed by atoms with E-state index in [-0.39, 0.29) is 17.7 Å². The lowest BCUT2D eigenvalue weighted by molar-refractivity contribution is -0.124. The number of hydrogen-bond acceptors (Lipinski definition) is 2. The highest BCUT2D eigenvalue weighted by molar-refractivity contribution is 5.94. The maximum atomic E-state index is 12.4. The van der Waals surface area contributed by atoms with Crippen LogP contribution in [0.15, 0.2) is 30.3 Å². The first kappa shape index (κ1) is 15.5. The molecule has 0 spiro atoms. The van der Waals surface area contributed by atoms with Crippen molar-refractivity contribution >= 4 is 11.8 Å². The quantitative estimate of drug-likeness (QED) is 0.924. The van der Waals surface area contributed by atoms with Crippen molar-refractivity contribution < 1.29 is 9.59 Å². The van der Waals surface area contributed by atoms with Crippen LogP contribution in [-0.2, 0) is 4.79 Å². The Hall–Kier alpha value is -1.84. The summed E-state index contributed by atoms with van der Waals surface area (Å²) < 4.78 is 0. The number of amides is 2. The van der Waals surface area contributed by atoms with E-state index in [1.807, 2.05) is 49.1 Å². The summed E-state index contributed by atoms with van der Waals surface area (Å²) in [5.41, 5.74) is 0.740. The van der Waals surface area contributed by atoms with Gasteiger partial charge in [0.2, 0.25) is 5.91 Å². The Kier molecular flexibility index (Phi) is 5.37. The second-order valence-electron chi connectivity index (χ2n) is 6.03. The zero-order chi connectivity index (χ0) is 15.2. The van der Waals surface area contributed by atoms with Gasteiger partial charge in [-0.2, -0.15) is 0 Å². The summed E-state index contributed by atoms with van der Waals surface area (Å²) in [6.07, 6.45) is 2.07. The van der Waals surface area contributed by atoms with Crippen molar-refractivity contribution in [3.05, 3.63) is 35.9 Å². The summed E-state index contributed by atoms with van der Waals surface area (Å²) >= 11 is 0. The predicted molar refractivity (Wildman–Crippen MR) is 82.9 cm³/mol. The zero-order valence-corrected chi connectivity index (χ0v) is 12.8. The van der Waals surface area contributed by atoms with E-state index in [4.69, 9.17) is 0 Å². The molecule has 0 aliphatic carbocycles. The Morgan fingerprint density at radius 2 is 2.00 bits per heavy atom. The van der Waals surface area contributed by atoms with Gasteiger partial charge < -0.3 is 10.2 Å². The topological polar surface area (TPSA) is 49.4 Å². The molecule has 1 aromatic carbocycles. The van der Waals surface area contributed by atoms with Crippen LogP contribution in [0.2, 0.25) is 0 Å². The van der Waals surface area contributed by atoms with Gasteiger partial charge in [-0.25, -0.2) is 0 Å². The molecular formula is C17H24N2O2. The van der Waals surface area contributed by atoms with Gasteiger partial charge in [0.15, 0.2) is 0 Å². The van der Waals surface area contributed by atoms with Crippen molar-refractivity contribution in [1.82, 2.24) is 10.2 Å². The number of carbonyl (C=O) groups is 2. The van der Waals surface area contributed by atoms with E-state index in [1.165, 1.54) is 0 Å². The molecule has 0 bridgehead atoms. The molecule has 2 amide bonds. The molecule has 114 valence electrons. The zero-order valence-electron chi connectivity index (χ0n) is 12.8. The molecule has 1 fully saturated rings. The molecule has 1 atom stereocenters. The molecule has 0 aromatic heterocycles. The van der Waals surface area contributed by atoms with Gasteiger partial charge in [-0.05, 0) is 30.9 Å². The summed E-state index contributed by atoms with van der Waals surface area (Å²) in [7, 11) is 0. The fraction of sp³-hybridized carbons (Fsp3) is 0.529. The summed E-state index contributed by atoms with van der Waals surface area (Å²) in [5.74, 6) is 0.543. The van der Waals surface area contributed by atoms with Gasteiger partial charge in [-0.1, -0.05) is 32.0 Å². The third-order valence-electron chi connectivity index (χ3n) is 3.92. The van der Waals surface area contributed by atoms with Crippen LogP contribution >= 0.6 is 0 Å².